The number of H-pyrrole nitrogens is 1. The summed E-state index contributed by atoms with van der Waals surface area (Å²) in [6.45, 7) is 0.590. The molecule has 4 N–H and O–H groups in total. The van der Waals surface area contributed by atoms with Crippen LogP contribution in [0.1, 0.15) is 16.1 Å². The van der Waals surface area contributed by atoms with Crippen molar-refractivity contribution in [3.05, 3.63) is 35.4 Å². The third-order valence-electron chi connectivity index (χ3n) is 3.01. The van der Waals surface area contributed by atoms with E-state index >= 15 is 0 Å². The Balaban J connectivity index is 2.13. The molecule has 1 aliphatic heterocycles. The van der Waals surface area contributed by atoms with Crippen LogP contribution in [0.5, 0.6) is 0 Å². The Labute approximate surface area is 102 Å². The largest absolute Gasteiger partial charge is 0.381 e. The number of hydrogen-bond acceptors (Lipinski definition) is 3. The fraction of sp³-hybridized carbons (Fsp3) is 0.167. The Hall–Kier alpha value is -2.37. The van der Waals surface area contributed by atoms with Gasteiger partial charge in [-0.25, -0.2) is 9.37 Å². The van der Waals surface area contributed by atoms with Crippen molar-refractivity contribution >= 4 is 11.7 Å². The maximum Gasteiger partial charge on any atom is 0.253 e. The normalized spacial score (nSPS) is 14.2. The molecule has 0 radical (unpaired) electrons. The number of rotatable bonds is 1. The number of halogens is 1. The topological polar surface area (TPSA) is 83.8 Å². The third-order valence-corrected chi connectivity index (χ3v) is 3.01. The van der Waals surface area contributed by atoms with Crippen molar-refractivity contribution in [2.24, 2.45) is 0 Å². The molecular formula is C12H11FN4O. The van der Waals surface area contributed by atoms with Gasteiger partial charge >= 0.3 is 0 Å². The summed E-state index contributed by atoms with van der Waals surface area (Å²) in [5.74, 6) is -0.859. The predicted molar refractivity (Wildman–Crippen MR) is 64.4 cm³/mol. The Morgan fingerprint density at radius 3 is 3.00 bits per heavy atom. The maximum atomic E-state index is 13.8. The molecule has 3 heterocycles. The van der Waals surface area contributed by atoms with Crippen LogP contribution in [0.2, 0.25) is 0 Å². The number of amides is 1. The fourth-order valence-corrected chi connectivity index (χ4v) is 2.11. The smallest absolute Gasteiger partial charge is 0.253 e. The van der Waals surface area contributed by atoms with Crippen molar-refractivity contribution in [3.8, 4) is 11.3 Å². The van der Waals surface area contributed by atoms with Gasteiger partial charge in [-0.1, -0.05) is 0 Å². The number of hydrogen-bond donors (Lipinski definition) is 3. The molecule has 6 heteroatoms. The van der Waals surface area contributed by atoms with Gasteiger partial charge in [0.2, 0.25) is 0 Å². The minimum Gasteiger partial charge on any atom is -0.381 e. The Morgan fingerprint density at radius 1 is 1.39 bits per heavy atom. The van der Waals surface area contributed by atoms with Gasteiger partial charge in [-0.15, -0.1) is 0 Å². The number of nitrogens with one attached hydrogen (secondary N) is 2. The van der Waals surface area contributed by atoms with E-state index in [2.05, 4.69) is 15.3 Å². The number of nitrogen functional groups attached to an aromatic ring is 1. The average Bonchev–Trinajstić information content (AvgIpc) is 2.78. The molecule has 0 bridgehead atoms. The van der Waals surface area contributed by atoms with Gasteiger partial charge < -0.3 is 16.0 Å². The highest BCUT2D eigenvalue weighted by Crippen LogP contribution is 2.27. The van der Waals surface area contributed by atoms with Gasteiger partial charge in [-0.05, 0) is 12.1 Å². The van der Waals surface area contributed by atoms with Crippen molar-refractivity contribution in [3.63, 3.8) is 0 Å². The Kier molecular flexibility index (Phi) is 2.29. The first kappa shape index (κ1) is 10.8. The highest BCUT2D eigenvalue weighted by Gasteiger charge is 2.21. The molecule has 2 aromatic heterocycles. The van der Waals surface area contributed by atoms with E-state index < -0.39 is 5.82 Å². The van der Waals surface area contributed by atoms with E-state index in [-0.39, 0.29) is 11.7 Å². The lowest BCUT2D eigenvalue weighted by atomic mass is 10.1. The van der Waals surface area contributed by atoms with E-state index in [0.29, 0.717) is 29.8 Å². The second-order valence-corrected chi connectivity index (χ2v) is 4.14. The van der Waals surface area contributed by atoms with Crippen molar-refractivity contribution < 1.29 is 9.18 Å². The van der Waals surface area contributed by atoms with Gasteiger partial charge in [0.25, 0.3) is 5.91 Å². The van der Waals surface area contributed by atoms with E-state index in [1.54, 1.807) is 6.07 Å². The van der Waals surface area contributed by atoms with Crippen molar-refractivity contribution in [1.82, 2.24) is 15.3 Å². The number of pyridine rings is 1. The van der Waals surface area contributed by atoms with E-state index in [1.807, 2.05) is 0 Å². The van der Waals surface area contributed by atoms with Crippen LogP contribution in [0.4, 0.5) is 10.2 Å². The molecule has 2 aromatic rings. The van der Waals surface area contributed by atoms with Crippen LogP contribution < -0.4 is 11.1 Å². The van der Waals surface area contributed by atoms with Crippen LogP contribution in [-0.4, -0.2) is 22.4 Å². The molecule has 0 aromatic carbocycles. The minimum atomic E-state index is -0.573. The summed E-state index contributed by atoms with van der Waals surface area (Å²) >= 11 is 0. The molecule has 5 nitrogen and oxygen atoms in total. The molecule has 1 aliphatic rings. The molecule has 0 saturated carbocycles. The molecule has 0 aliphatic carbocycles. The van der Waals surface area contributed by atoms with Crippen LogP contribution in [0.3, 0.4) is 0 Å². The van der Waals surface area contributed by atoms with Gasteiger partial charge in [-0.3, -0.25) is 4.79 Å². The molecule has 0 atom stereocenters. The number of nitrogens with zero attached hydrogens (tertiary/aromatic N) is 1. The number of carbonyl (C=O) groups excluding carboxylic acids is 1. The summed E-state index contributed by atoms with van der Waals surface area (Å²) in [4.78, 5) is 18.4. The molecule has 0 fully saturated rings. The first-order chi connectivity index (χ1) is 8.66. The first-order valence-electron chi connectivity index (χ1n) is 5.57. The van der Waals surface area contributed by atoms with Crippen molar-refractivity contribution in [1.29, 1.82) is 0 Å². The quantitative estimate of drug-likeness (QED) is 0.704. The van der Waals surface area contributed by atoms with E-state index in [1.165, 1.54) is 12.3 Å². The minimum absolute atomic E-state index is 0.138. The summed E-state index contributed by atoms with van der Waals surface area (Å²) < 4.78 is 13.8. The lowest BCUT2D eigenvalue weighted by Gasteiger charge is -2.10. The predicted octanol–water partition coefficient (Wildman–Crippen LogP) is 1.08. The molecule has 92 valence electrons. The van der Waals surface area contributed by atoms with Crippen LogP contribution in [-0.2, 0) is 6.42 Å². The molecular weight excluding hydrogens is 235 g/mol. The number of aromatic nitrogens is 2. The van der Waals surface area contributed by atoms with E-state index in [9.17, 15) is 9.18 Å². The molecule has 0 spiro atoms. The van der Waals surface area contributed by atoms with Gasteiger partial charge in [0.15, 0.2) is 11.6 Å². The summed E-state index contributed by atoms with van der Waals surface area (Å²) in [5, 5.41) is 2.74. The Morgan fingerprint density at radius 2 is 2.22 bits per heavy atom. The van der Waals surface area contributed by atoms with Gasteiger partial charge in [0.1, 0.15) is 0 Å². The molecule has 0 unspecified atom stereocenters. The lowest BCUT2D eigenvalue weighted by molar-refractivity contribution is 0.0946. The highest BCUT2D eigenvalue weighted by molar-refractivity contribution is 5.97. The number of aromatic amines is 1. The highest BCUT2D eigenvalue weighted by atomic mass is 19.1. The zero-order valence-electron chi connectivity index (χ0n) is 9.46. The van der Waals surface area contributed by atoms with Crippen molar-refractivity contribution in [2.45, 2.75) is 6.42 Å². The van der Waals surface area contributed by atoms with Gasteiger partial charge in [0.05, 0.1) is 5.56 Å². The summed E-state index contributed by atoms with van der Waals surface area (Å²) in [6.07, 6.45) is 2.15. The number of fused-ring (bicyclic) bond motifs is 1. The second-order valence-electron chi connectivity index (χ2n) is 4.14. The second kappa shape index (κ2) is 3.83. The van der Waals surface area contributed by atoms with Crippen LogP contribution >= 0.6 is 0 Å². The van der Waals surface area contributed by atoms with Gasteiger partial charge in [-0.2, -0.15) is 0 Å². The molecule has 0 saturated heterocycles. The zero-order valence-corrected chi connectivity index (χ0v) is 9.46. The SMILES string of the molecule is Nc1nccc(-c2cc3c([nH]2)CCNC3=O)c1F. The number of nitrogens with two attached hydrogens (primary N) is 1. The van der Waals surface area contributed by atoms with Crippen molar-refractivity contribution in [2.75, 3.05) is 12.3 Å². The van der Waals surface area contributed by atoms with Gasteiger partial charge in [0, 0.05) is 36.1 Å². The summed E-state index contributed by atoms with van der Waals surface area (Å²) in [7, 11) is 0. The van der Waals surface area contributed by atoms with E-state index in [4.69, 9.17) is 5.73 Å². The molecule has 3 rings (SSSR count). The first-order valence-corrected chi connectivity index (χ1v) is 5.57. The summed E-state index contributed by atoms with van der Waals surface area (Å²) in [5.41, 5.74) is 7.68. The zero-order chi connectivity index (χ0) is 12.7. The van der Waals surface area contributed by atoms with Crippen LogP contribution in [0.25, 0.3) is 11.3 Å². The summed E-state index contributed by atoms with van der Waals surface area (Å²) in [6, 6.07) is 3.17. The lowest BCUT2D eigenvalue weighted by Crippen LogP contribution is -2.31. The average molecular weight is 246 g/mol. The Bertz CT molecular complexity index is 635. The molecule has 1 amide bonds. The number of anilines is 1. The third kappa shape index (κ3) is 1.54. The van der Waals surface area contributed by atoms with Crippen LogP contribution in [0, 0.1) is 5.82 Å². The monoisotopic (exact) mass is 246 g/mol. The fourth-order valence-electron chi connectivity index (χ4n) is 2.11. The number of carbonyl (C=O) groups is 1. The maximum absolute atomic E-state index is 13.8. The van der Waals surface area contributed by atoms with E-state index in [0.717, 1.165) is 5.69 Å². The molecule has 18 heavy (non-hydrogen) atoms. The standard InChI is InChI=1S/C12H11FN4O/c13-10-6(1-3-15-11(10)14)9-5-7-8(17-9)2-4-16-12(7)18/h1,3,5,17H,2,4H2,(H2,14,15)(H,16,18). The van der Waals surface area contributed by atoms with Crippen LogP contribution in [0.15, 0.2) is 18.3 Å².